The first-order valence-corrected chi connectivity index (χ1v) is 5.74. The number of aliphatic hydroxyl groups is 1. The molecule has 7 nitrogen and oxygen atoms in total. The summed E-state index contributed by atoms with van der Waals surface area (Å²) in [6, 6.07) is 4.45. The number of carboxylic acid groups (broad SMARTS) is 1. The molecular weight excluding hydrogens is 264 g/mol. The van der Waals surface area contributed by atoms with Crippen LogP contribution in [0.4, 0.5) is 0 Å². The Morgan fingerprint density at radius 1 is 1.30 bits per heavy atom. The van der Waals surface area contributed by atoms with Gasteiger partial charge in [-0.05, 0) is 17.5 Å². The normalized spacial score (nSPS) is 10.4. The summed E-state index contributed by atoms with van der Waals surface area (Å²) in [5, 5.41) is 30.7. The summed E-state index contributed by atoms with van der Waals surface area (Å²) in [7, 11) is 0. The lowest BCUT2D eigenvalue weighted by molar-refractivity contribution is -0.135. The van der Waals surface area contributed by atoms with Crippen LogP contribution in [0.1, 0.15) is 16.1 Å². The number of phenolic OH excluding ortho intramolecular Hbond substituents is 1. The Hall–Kier alpha value is -2.67. The predicted molar refractivity (Wildman–Crippen MR) is 69.3 cm³/mol. The fourth-order valence-electron chi connectivity index (χ4n) is 1.87. The Kier molecular flexibility index (Phi) is 3.81. The molecule has 0 fully saturated rings. The highest BCUT2D eigenvalue weighted by atomic mass is 16.4. The number of aromatic nitrogens is 1. The maximum atomic E-state index is 11.8. The van der Waals surface area contributed by atoms with E-state index in [-0.39, 0.29) is 17.0 Å². The summed E-state index contributed by atoms with van der Waals surface area (Å²) < 4.78 is 0. The third-order valence-electron chi connectivity index (χ3n) is 2.75. The summed E-state index contributed by atoms with van der Waals surface area (Å²) >= 11 is 0. The number of hydrogen-bond acceptors (Lipinski definition) is 5. The average molecular weight is 276 g/mol. The number of carboxylic acids is 1. The standard InChI is InChI=1S/C13H12N2O5/c16-6-10-9-2-1-8(17)3-7(9)4-14-12(10)13(20)15-5-11(18)19/h1-4,16-17H,5-6H2,(H,15,20)(H,18,19). The third-order valence-corrected chi connectivity index (χ3v) is 2.75. The van der Waals surface area contributed by atoms with Crippen molar-refractivity contribution < 1.29 is 24.9 Å². The van der Waals surface area contributed by atoms with Gasteiger partial charge in [0.05, 0.1) is 6.61 Å². The zero-order chi connectivity index (χ0) is 14.7. The van der Waals surface area contributed by atoms with Gasteiger partial charge < -0.3 is 20.6 Å². The van der Waals surface area contributed by atoms with E-state index in [1.54, 1.807) is 6.07 Å². The molecule has 4 N–H and O–H groups in total. The van der Waals surface area contributed by atoms with Crippen molar-refractivity contribution in [1.82, 2.24) is 10.3 Å². The second kappa shape index (κ2) is 5.54. The molecule has 2 aromatic rings. The molecule has 0 bridgehead atoms. The van der Waals surface area contributed by atoms with Crippen molar-refractivity contribution in [2.75, 3.05) is 6.54 Å². The topological polar surface area (TPSA) is 120 Å². The van der Waals surface area contributed by atoms with Gasteiger partial charge in [0, 0.05) is 17.1 Å². The number of nitrogens with one attached hydrogen (secondary N) is 1. The second-order valence-electron chi connectivity index (χ2n) is 4.09. The van der Waals surface area contributed by atoms with E-state index in [9.17, 15) is 19.8 Å². The number of amides is 1. The summed E-state index contributed by atoms with van der Waals surface area (Å²) in [6.45, 7) is -0.954. The fraction of sp³-hybridized carbons (Fsp3) is 0.154. The van der Waals surface area contributed by atoms with Crippen LogP contribution >= 0.6 is 0 Å². The Morgan fingerprint density at radius 3 is 2.70 bits per heavy atom. The molecule has 1 amide bonds. The smallest absolute Gasteiger partial charge is 0.322 e. The van der Waals surface area contributed by atoms with Crippen molar-refractivity contribution in [2.45, 2.75) is 6.61 Å². The molecule has 0 unspecified atom stereocenters. The van der Waals surface area contributed by atoms with E-state index in [0.29, 0.717) is 10.8 Å². The van der Waals surface area contributed by atoms with Gasteiger partial charge in [0.2, 0.25) is 0 Å². The van der Waals surface area contributed by atoms with Gasteiger partial charge in [-0.15, -0.1) is 0 Å². The minimum atomic E-state index is -1.17. The maximum Gasteiger partial charge on any atom is 0.322 e. The highest BCUT2D eigenvalue weighted by Gasteiger charge is 2.16. The first-order chi connectivity index (χ1) is 9.52. The van der Waals surface area contributed by atoms with Crippen molar-refractivity contribution in [1.29, 1.82) is 0 Å². The van der Waals surface area contributed by atoms with Crippen LogP contribution in [0.25, 0.3) is 10.8 Å². The molecule has 20 heavy (non-hydrogen) atoms. The van der Waals surface area contributed by atoms with Crippen LogP contribution in [0.2, 0.25) is 0 Å². The number of hydrogen-bond donors (Lipinski definition) is 4. The van der Waals surface area contributed by atoms with Crippen LogP contribution in [0.15, 0.2) is 24.4 Å². The number of aliphatic hydroxyl groups excluding tert-OH is 1. The molecule has 2 rings (SSSR count). The van der Waals surface area contributed by atoms with E-state index in [4.69, 9.17) is 5.11 Å². The number of nitrogens with zero attached hydrogens (tertiary/aromatic N) is 1. The van der Waals surface area contributed by atoms with Crippen molar-refractivity contribution in [3.8, 4) is 5.75 Å². The molecular formula is C13H12N2O5. The third kappa shape index (κ3) is 2.67. The zero-order valence-corrected chi connectivity index (χ0v) is 10.3. The molecule has 0 saturated carbocycles. The van der Waals surface area contributed by atoms with Gasteiger partial charge in [-0.25, -0.2) is 0 Å². The molecule has 0 saturated heterocycles. The average Bonchev–Trinajstić information content (AvgIpc) is 2.43. The SMILES string of the molecule is O=C(O)CNC(=O)c1ncc2cc(O)ccc2c1CO. The Bertz CT molecular complexity index is 684. The van der Waals surface area contributed by atoms with Gasteiger partial charge in [0.15, 0.2) is 0 Å². The van der Waals surface area contributed by atoms with Crippen LogP contribution in [-0.4, -0.2) is 38.7 Å². The molecule has 1 aromatic carbocycles. The quantitative estimate of drug-likeness (QED) is 0.635. The van der Waals surface area contributed by atoms with E-state index >= 15 is 0 Å². The van der Waals surface area contributed by atoms with Crippen LogP contribution in [0, 0.1) is 0 Å². The van der Waals surface area contributed by atoms with Crippen LogP contribution < -0.4 is 5.32 Å². The van der Waals surface area contributed by atoms with E-state index < -0.39 is 25.0 Å². The summed E-state index contributed by atoms with van der Waals surface area (Å²) in [6.07, 6.45) is 1.38. The highest BCUT2D eigenvalue weighted by Crippen LogP contribution is 2.24. The molecule has 1 aromatic heterocycles. The maximum absolute atomic E-state index is 11.8. The van der Waals surface area contributed by atoms with Gasteiger partial charge in [-0.2, -0.15) is 0 Å². The van der Waals surface area contributed by atoms with E-state index in [1.165, 1.54) is 18.3 Å². The number of benzene rings is 1. The highest BCUT2D eigenvalue weighted by molar-refractivity contribution is 6.00. The van der Waals surface area contributed by atoms with Gasteiger partial charge >= 0.3 is 5.97 Å². The Morgan fingerprint density at radius 2 is 2.05 bits per heavy atom. The number of aromatic hydroxyl groups is 1. The summed E-state index contributed by atoms with van der Waals surface area (Å²) in [5.74, 6) is -1.80. The summed E-state index contributed by atoms with van der Waals surface area (Å²) in [4.78, 5) is 26.2. The van der Waals surface area contributed by atoms with Crippen molar-refractivity contribution in [2.24, 2.45) is 0 Å². The minimum absolute atomic E-state index is 0.0352. The van der Waals surface area contributed by atoms with Crippen LogP contribution in [0.5, 0.6) is 5.75 Å². The van der Waals surface area contributed by atoms with Gasteiger partial charge in [0.1, 0.15) is 18.0 Å². The lowest BCUT2D eigenvalue weighted by Crippen LogP contribution is -2.30. The lowest BCUT2D eigenvalue weighted by Gasteiger charge is -2.10. The lowest BCUT2D eigenvalue weighted by atomic mass is 10.0. The van der Waals surface area contributed by atoms with E-state index in [2.05, 4.69) is 10.3 Å². The van der Waals surface area contributed by atoms with Crippen molar-refractivity contribution in [3.63, 3.8) is 0 Å². The Labute approximate surface area is 113 Å². The molecule has 0 aliphatic rings. The number of carbonyl (C=O) groups excluding carboxylic acids is 1. The number of carbonyl (C=O) groups is 2. The molecule has 0 atom stereocenters. The van der Waals surface area contributed by atoms with E-state index in [0.717, 1.165) is 0 Å². The molecule has 0 aliphatic heterocycles. The first kappa shape index (κ1) is 13.8. The van der Waals surface area contributed by atoms with Gasteiger partial charge in [-0.3, -0.25) is 14.6 Å². The number of rotatable bonds is 4. The van der Waals surface area contributed by atoms with Crippen molar-refractivity contribution >= 4 is 22.6 Å². The monoisotopic (exact) mass is 276 g/mol. The number of fused-ring (bicyclic) bond motifs is 1. The zero-order valence-electron chi connectivity index (χ0n) is 10.3. The van der Waals surface area contributed by atoms with Crippen molar-refractivity contribution in [3.05, 3.63) is 35.7 Å². The molecule has 0 aliphatic carbocycles. The van der Waals surface area contributed by atoms with E-state index in [1.807, 2.05) is 0 Å². The molecule has 0 spiro atoms. The van der Waals surface area contributed by atoms with Gasteiger partial charge in [-0.1, -0.05) is 6.07 Å². The number of pyridine rings is 1. The van der Waals surface area contributed by atoms with Crippen LogP contribution in [0.3, 0.4) is 0 Å². The summed E-state index contributed by atoms with van der Waals surface area (Å²) in [5.41, 5.74) is 0.248. The molecule has 0 radical (unpaired) electrons. The van der Waals surface area contributed by atoms with Crippen LogP contribution in [-0.2, 0) is 11.4 Å². The minimum Gasteiger partial charge on any atom is -0.508 e. The second-order valence-corrected chi connectivity index (χ2v) is 4.09. The molecule has 7 heteroatoms. The Balaban J connectivity index is 2.46. The number of aliphatic carboxylic acids is 1. The predicted octanol–water partition coefficient (Wildman–Crippen LogP) is 0.247. The number of phenols is 1. The first-order valence-electron chi connectivity index (χ1n) is 5.74. The molecule has 104 valence electrons. The largest absolute Gasteiger partial charge is 0.508 e. The molecule has 1 heterocycles. The van der Waals surface area contributed by atoms with Gasteiger partial charge in [0.25, 0.3) is 5.91 Å². The fourth-order valence-corrected chi connectivity index (χ4v) is 1.87.